The second-order valence-corrected chi connectivity index (χ2v) is 6.39. The minimum absolute atomic E-state index is 0.0596. The van der Waals surface area contributed by atoms with E-state index in [1.54, 1.807) is 0 Å². The van der Waals surface area contributed by atoms with Gasteiger partial charge in [-0.1, -0.05) is 36.8 Å². The first-order chi connectivity index (χ1) is 9.24. The molecule has 2 fully saturated rings. The number of rotatable bonds is 4. The van der Waals surface area contributed by atoms with Gasteiger partial charge in [-0.05, 0) is 42.6 Å². The zero-order valence-electron chi connectivity index (χ0n) is 11.0. The van der Waals surface area contributed by atoms with E-state index in [-0.39, 0.29) is 5.91 Å². The van der Waals surface area contributed by atoms with Crippen molar-refractivity contribution in [2.24, 2.45) is 17.8 Å². The van der Waals surface area contributed by atoms with Gasteiger partial charge >= 0.3 is 0 Å². The van der Waals surface area contributed by atoms with Crippen LogP contribution in [0.2, 0.25) is 0 Å². The molecule has 0 aromatic heterocycles. The lowest BCUT2D eigenvalue weighted by Crippen LogP contribution is -2.33. The van der Waals surface area contributed by atoms with Crippen LogP contribution >= 0.6 is 11.6 Å². The van der Waals surface area contributed by atoms with Gasteiger partial charge in [-0.15, -0.1) is 11.6 Å². The van der Waals surface area contributed by atoms with Crippen molar-refractivity contribution in [2.45, 2.75) is 31.1 Å². The lowest BCUT2D eigenvalue weighted by atomic mass is 9.89. The first-order valence-electron chi connectivity index (χ1n) is 7.21. The van der Waals surface area contributed by atoms with Crippen LogP contribution in [0.1, 0.15) is 36.6 Å². The Morgan fingerprint density at radius 2 is 2.05 bits per heavy atom. The number of carbonyl (C=O) groups is 1. The van der Waals surface area contributed by atoms with Gasteiger partial charge in [0.25, 0.3) is 0 Å². The average Bonchev–Trinajstić information content (AvgIpc) is 3.07. The van der Waals surface area contributed by atoms with Gasteiger partial charge in [-0.25, -0.2) is 0 Å². The van der Waals surface area contributed by atoms with Crippen LogP contribution in [-0.4, -0.2) is 12.5 Å². The normalized spacial score (nSPS) is 30.3. The third-order valence-corrected chi connectivity index (χ3v) is 5.20. The van der Waals surface area contributed by atoms with Crippen molar-refractivity contribution >= 4 is 17.5 Å². The molecule has 2 nitrogen and oxygen atoms in total. The van der Waals surface area contributed by atoms with Crippen LogP contribution in [0.4, 0.5) is 0 Å². The number of amides is 1. The number of fused-ring (bicyclic) bond motifs is 2. The number of hydrogen-bond acceptors (Lipinski definition) is 1. The summed E-state index contributed by atoms with van der Waals surface area (Å²) in [5.74, 6) is 2.39. The van der Waals surface area contributed by atoms with E-state index < -0.39 is 5.38 Å². The minimum atomic E-state index is -0.570. The van der Waals surface area contributed by atoms with E-state index in [4.69, 9.17) is 11.6 Å². The van der Waals surface area contributed by atoms with E-state index in [1.807, 2.05) is 30.3 Å². The molecule has 0 aliphatic heterocycles. The summed E-state index contributed by atoms with van der Waals surface area (Å²) >= 11 is 6.21. The predicted molar refractivity (Wildman–Crippen MR) is 77.0 cm³/mol. The number of hydrogen-bond donors (Lipinski definition) is 1. The van der Waals surface area contributed by atoms with Gasteiger partial charge < -0.3 is 5.32 Å². The van der Waals surface area contributed by atoms with Gasteiger partial charge in [0.15, 0.2) is 0 Å². The number of halogens is 1. The summed E-state index contributed by atoms with van der Waals surface area (Å²) in [6, 6.07) is 9.55. The second-order valence-electron chi connectivity index (χ2n) is 5.95. The lowest BCUT2D eigenvalue weighted by Gasteiger charge is -2.22. The third-order valence-electron chi connectivity index (χ3n) is 4.75. The largest absolute Gasteiger partial charge is 0.354 e. The third kappa shape index (κ3) is 2.79. The standard InChI is InChI=1S/C16H20ClNO/c17-15(12-4-2-1-3-5-12)16(19)18-10-14-9-11-6-7-13(14)8-11/h1-5,11,13-15H,6-10H2,(H,18,19)/t11-,13-,14-,15+/m0/s1. The quantitative estimate of drug-likeness (QED) is 0.839. The van der Waals surface area contributed by atoms with E-state index in [9.17, 15) is 4.79 Å². The molecule has 0 spiro atoms. The van der Waals surface area contributed by atoms with Crippen molar-refractivity contribution < 1.29 is 4.79 Å². The summed E-state index contributed by atoms with van der Waals surface area (Å²) in [4.78, 5) is 12.1. The van der Waals surface area contributed by atoms with Crippen LogP contribution in [-0.2, 0) is 4.79 Å². The highest BCUT2D eigenvalue weighted by Crippen LogP contribution is 2.47. The summed E-state index contributed by atoms with van der Waals surface area (Å²) < 4.78 is 0. The summed E-state index contributed by atoms with van der Waals surface area (Å²) in [6.07, 6.45) is 5.43. The monoisotopic (exact) mass is 277 g/mol. The molecule has 2 saturated carbocycles. The van der Waals surface area contributed by atoms with E-state index >= 15 is 0 Å². The molecule has 102 valence electrons. The minimum Gasteiger partial charge on any atom is -0.354 e. The molecule has 2 bridgehead atoms. The fourth-order valence-corrected chi connectivity index (χ4v) is 3.94. The molecule has 1 aromatic carbocycles. The maximum Gasteiger partial charge on any atom is 0.242 e. The molecular formula is C16H20ClNO. The predicted octanol–water partition coefficient (Wildman–Crippen LogP) is 3.52. The maximum atomic E-state index is 12.1. The van der Waals surface area contributed by atoms with Crippen molar-refractivity contribution in [1.29, 1.82) is 0 Å². The lowest BCUT2D eigenvalue weighted by molar-refractivity contribution is -0.121. The Bertz CT molecular complexity index is 447. The Morgan fingerprint density at radius 3 is 2.68 bits per heavy atom. The highest BCUT2D eigenvalue weighted by molar-refractivity contribution is 6.30. The second kappa shape index (κ2) is 5.54. The van der Waals surface area contributed by atoms with Crippen molar-refractivity contribution in [1.82, 2.24) is 5.32 Å². The van der Waals surface area contributed by atoms with E-state index in [1.165, 1.54) is 25.7 Å². The molecule has 4 atom stereocenters. The molecule has 1 N–H and O–H groups in total. The molecule has 2 aliphatic rings. The Kier molecular flexibility index (Phi) is 3.79. The summed E-state index contributed by atoms with van der Waals surface area (Å²) in [5.41, 5.74) is 0.870. The van der Waals surface area contributed by atoms with Crippen molar-refractivity contribution in [3.05, 3.63) is 35.9 Å². The van der Waals surface area contributed by atoms with Crippen molar-refractivity contribution in [3.8, 4) is 0 Å². The highest BCUT2D eigenvalue weighted by atomic mass is 35.5. The van der Waals surface area contributed by atoms with Crippen LogP contribution in [0.5, 0.6) is 0 Å². The molecule has 19 heavy (non-hydrogen) atoms. The van der Waals surface area contributed by atoms with Gasteiger partial charge in [-0.3, -0.25) is 4.79 Å². The average molecular weight is 278 g/mol. The van der Waals surface area contributed by atoms with Crippen LogP contribution in [0.15, 0.2) is 30.3 Å². The Balaban J connectivity index is 1.51. The number of carbonyl (C=O) groups excluding carboxylic acids is 1. The van der Waals surface area contributed by atoms with Gasteiger partial charge in [0.1, 0.15) is 5.38 Å². The van der Waals surface area contributed by atoms with E-state index in [2.05, 4.69) is 5.32 Å². The number of alkyl halides is 1. The van der Waals surface area contributed by atoms with Crippen molar-refractivity contribution in [2.75, 3.05) is 6.54 Å². The van der Waals surface area contributed by atoms with Crippen LogP contribution < -0.4 is 5.32 Å². The van der Waals surface area contributed by atoms with Crippen LogP contribution in [0.25, 0.3) is 0 Å². The molecule has 0 radical (unpaired) electrons. The van der Waals surface area contributed by atoms with E-state index in [0.717, 1.165) is 23.9 Å². The molecular weight excluding hydrogens is 258 g/mol. The molecule has 1 aromatic rings. The van der Waals surface area contributed by atoms with Gasteiger partial charge in [0.2, 0.25) is 5.91 Å². The van der Waals surface area contributed by atoms with E-state index in [0.29, 0.717) is 5.92 Å². The molecule has 0 heterocycles. The molecule has 2 aliphatic carbocycles. The zero-order chi connectivity index (χ0) is 13.2. The Labute approximate surface area is 119 Å². The smallest absolute Gasteiger partial charge is 0.242 e. The molecule has 3 heteroatoms. The zero-order valence-corrected chi connectivity index (χ0v) is 11.8. The Hall–Kier alpha value is -1.02. The molecule has 3 rings (SSSR count). The van der Waals surface area contributed by atoms with Crippen molar-refractivity contribution in [3.63, 3.8) is 0 Å². The van der Waals surface area contributed by atoms with Gasteiger partial charge in [0, 0.05) is 6.54 Å². The molecule has 0 unspecified atom stereocenters. The summed E-state index contributed by atoms with van der Waals surface area (Å²) in [5, 5.41) is 2.47. The first-order valence-corrected chi connectivity index (χ1v) is 7.64. The number of benzene rings is 1. The first kappa shape index (κ1) is 13.0. The molecule has 1 amide bonds. The van der Waals surface area contributed by atoms with Gasteiger partial charge in [-0.2, -0.15) is 0 Å². The maximum absolute atomic E-state index is 12.1. The SMILES string of the molecule is O=C(NC[C@@H]1C[C@H]2CC[C@H]1C2)[C@H](Cl)c1ccccc1. The van der Waals surface area contributed by atoms with Crippen LogP contribution in [0.3, 0.4) is 0 Å². The molecule has 0 saturated heterocycles. The summed E-state index contributed by atoms with van der Waals surface area (Å²) in [7, 11) is 0. The fourth-order valence-electron chi connectivity index (χ4n) is 3.72. The van der Waals surface area contributed by atoms with Crippen LogP contribution in [0, 0.1) is 17.8 Å². The fraction of sp³-hybridized carbons (Fsp3) is 0.562. The number of nitrogens with one attached hydrogen (secondary N) is 1. The Morgan fingerprint density at radius 1 is 1.26 bits per heavy atom. The topological polar surface area (TPSA) is 29.1 Å². The van der Waals surface area contributed by atoms with Gasteiger partial charge in [0.05, 0.1) is 0 Å². The summed E-state index contributed by atoms with van der Waals surface area (Å²) in [6.45, 7) is 0.802. The highest BCUT2D eigenvalue weighted by Gasteiger charge is 2.39.